The topological polar surface area (TPSA) is 38.8 Å². The van der Waals surface area contributed by atoms with Crippen LogP contribution in [0.1, 0.15) is 41.4 Å². The molecule has 2 aliphatic heterocycles. The minimum absolute atomic E-state index is 0.0521. The van der Waals surface area contributed by atoms with E-state index in [1.54, 1.807) is 11.9 Å². The highest BCUT2D eigenvalue weighted by molar-refractivity contribution is 5.89. The van der Waals surface area contributed by atoms with E-state index >= 15 is 0 Å². The van der Waals surface area contributed by atoms with Crippen LogP contribution in [0.2, 0.25) is 0 Å². The fraction of sp³-hybridized carbons (Fsp3) is 0.611. The summed E-state index contributed by atoms with van der Waals surface area (Å²) in [6, 6.07) is -2.36. The van der Waals surface area contributed by atoms with Crippen molar-refractivity contribution in [2.75, 3.05) is 20.6 Å². The van der Waals surface area contributed by atoms with E-state index in [4.69, 9.17) is 17.7 Å². The van der Waals surface area contributed by atoms with Gasteiger partial charge in [0, 0.05) is 26.2 Å². The lowest BCUT2D eigenvalue weighted by Crippen LogP contribution is -2.65. The summed E-state index contributed by atoms with van der Waals surface area (Å²) in [4.78, 5) is 14.7. The maximum Gasteiger partial charge on any atom is 0.174 e. The first-order chi connectivity index (χ1) is 13.7. The van der Waals surface area contributed by atoms with Crippen LogP contribution in [0.15, 0.2) is 12.1 Å². The Kier molecular flexibility index (Phi) is 1.35. The van der Waals surface area contributed by atoms with Crippen molar-refractivity contribution in [3.63, 3.8) is 0 Å². The number of likely N-dealkylation sites (tertiary alicyclic amines) is 1. The van der Waals surface area contributed by atoms with Crippen molar-refractivity contribution in [3.05, 3.63) is 23.2 Å². The van der Waals surface area contributed by atoms with Gasteiger partial charge in [0.15, 0.2) is 23.4 Å². The summed E-state index contributed by atoms with van der Waals surface area (Å²) in [6.45, 7) is 0.339. The molecule has 4 nitrogen and oxygen atoms in total. The maximum absolute atomic E-state index is 13.0. The Morgan fingerprint density at radius 3 is 3.36 bits per heavy atom. The van der Waals surface area contributed by atoms with Gasteiger partial charge in [0.1, 0.15) is 0 Å². The van der Waals surface area contributed by atoms with Gasteiger partial charge < -0.3 is 14.4 Å². The Hall–Kier alpha value is -1.55. The summed E-state index contributed by atoms with van der Waals surface area (Å²) in [5, 5.41) is 0. The number of nitrogens with zero attached hydrogens (tertiary/aromatic N) is 1. The van der Waals surface area contributed by atoms with Gasteiger partial charge in [-0.25, -0.2) is 0 Å². The molecule has 2 fully saturated rings. The fourth-order valence-corrected chi connectivity index (χ4v) is 4.60. The summed E-state index contributed by atoms with van der Waals surface area (Å²) < 4.78 is 77.9. The van der Waals surface area contributed by atoms with Crippen molar-refractivity contribution in [2.24, 2.45) is 5.89 Å². The van der Waals surface area contributed by atoms with Gasteiger partial charge in [-0.2, -0.15) is 0 Å². The molecule has 2 bridgehead atoms. The Bertz CT molecular complexity index is 1010. The highest BCUT2D eigenvalue weighted by Crippen LogP contribution is 2.62. The number of benzene rings is 1. The normalized spacial score (nSPS) is 54.3. The van der Waals surface area contributed by atoms with E-state index in [2.05, 4.69) is 0 Å². The van der Waals surface area contributed by atoms with Crippen molar-refractivity contribution in [3.8, 4) is 11.5 Å². The first-order valence-corrected chi connectivity index (χ1v) is 7.53. The summed E-state index contributed by atoms with van der Waals surface area (Å²) in [7, 11) is -1.21. The Balaban J connectivity index is 1.92. The molecule has 0 aromatic heterocycles. The van der Waals surface area contributed by atoms with Crippen molar-refractivity contribution >= 4 is 5.78 Å². The molecular weight excluding hydrogens is 278 g/mol. The quantitative estimate of drug-likeness (QED) is 0.795. The molecule has 0 amide bonds. The molecule has 1 aromatic rings. The number of Topliss-reactive ketones (excluding diaryl/α,β-unsaturated/α-hetero) is 1. The number of methoxy groups -OCH3 is 1. The van der Waals surface area contributed by atoms with Gasteiger partial charge in [-0.05, 0) is 50.4 Å². The van der Waals surface area contributed by atoms with Crippen LogP contribution in [0, 0.1) is 5.89 Å². The number of carbonyl (C=O) groups excluding carboxylic acids is 1. The SMILES string of the molecule is [2H]c1c([2H])c(OC([2H])([2H])[2H])c2c3c1C[C@@]1([2H])N(C)CC[C@@]34C([2H])(O2)C(=O)CC[C@@]14[2H]. The molecule has 1 spiro atoms. The van der Waals surface area contributed by atoms with Crippen LogP contribution in [-0.2, 0) is 16.6 Å². The third-order valence-electron chi connectivity index (χ3n) is 5.53. The van der Waals surface area contributed by atoms with E-state index in [-0.39, 0.29) is 48.6 Å². The average Bonchev–Trinajstić information content (AvgIpc) is 2.92. The van der Waals surface area contributed by atoms with Crippen molar-refractivity contribution < 1.29 is 25.2 Å². The monoisotopic (exact) mass is 307 g/mol. The van der Waals surface area contributed by atoms with Gasteiger partial charge in [-0.3, -0.25) is 4.79 Å². The molecule has 1 unspecified atom stereocenters. The lowest BCUT2D eigenvalue weighted by molar-refractivity contribution is -0.138. The van der Waals surface area contributed by atoms with Crippen molar-refractivity contribution in [1.82, 2.24) is 4.90 Å². The van der Waals surface area contributed by atoms with E-state index in [0.29, 0.717) is 6.54 Å². The molecule has 2 heterocycles. The van der Waals surface area contributed by atoms with E-state index in [1.807, 2.05) is 0 Å². The number of carbonyl (C=O) groups is 1. The van der Waals surface area contributed by atoms with Gasteiger partial charge in [-0.1, -0.05) is 6.04 Å². The number of ether oxygens (including phenoxy) is 2. The number of rotatable bonds is 1. The zero-order valence-corrected chi connectivity index (χ0v) is 12.2. The van der Waals surface area contributed by atoms with Crippen LogP contribution in [0.4, 0.5) is 0 Å². The first-order valence-electron chi connectivity index (χ1n) is 11.5. The first kappa shape index (κ1) is 7.35. The Morgan fingerprint density at radius 2 is 2.50 bits per heavy atom. The third kappa shape index (κ3) is 1.27. The number of ketones is 1. The highest BCUT2D eigenvalue weighted by atomic mass is 16.5. The van der Waals surface area contributed by atoms with Gasteiger partial charge in [0.25, 0.3) is 0 Å². The second-order valence-electron chi connectivity index (χ2n) is 6.40. The zero-order valence-electron chi connectivity index (χ0n) is 20.2. The molecule has 4 heteroatoms. The Morgan fingerprint density at radius 1 is 1.59 bits per heavy atom. The molecule has 1 saturated heterocycles. The highest BCUT2D eigenvalue weighted by Gasteiger charge is 2.65. The predicted octanol–water partition coefficient (Wildman–Crippen LogP) is 1.93. The van der Waals surface area contributed by atoms with Crippen LogP contribution in [-0.4, -0.2) is 43.4 Å². The van der Waals surface area contributed by atoms with Gasteiger partial charge in [-0.15, -0.1) is 0 Å². The number of piperidine rings is 1. The third-order valence-corrected chi connectivity index (χ3v) is 5.53. The second kappa shape index (κ2) is 4.05. The van der Waals surface area contributed by atoms with Gasteiger partial charge in [0.05, 0.1) is 15.3 Å². The molecule has 0 radical (unpaired) electrons. The molecule has 22 heavy (non-hydrogen) atoms. The second-order valence-corrected chi connectivity index (χ2v) is 6.40. The van der Waals surface area contributed by atoms with E-state index < -0.39 is 48.0 Å². The maximum atomic E-state index is 13.0. The minimum atomic E-state index is -2.93. The average molecular weight is 307 g/mol. The molecule has 5 rings (SSSR count). The van der Waals surface area contributed by atoms with Gasteiger partial charge >= 0.3 is 0 Å². The van der Waals surface area contributed by atoms with Crippen molar-refractivity contribution in [2.45, 2.75) is 43.2 Å². The lowest BCUT2D eigenvalue weighted by Gasteiger charge is -2.57. The summed E-state index contributed by atoms with van der Waals surface area (Å²) in [5.74, 6) is -2.83. The minimum Gasteiger partial charge on any atom is -0.493 e. The van der Waals surface area contributed by atoms with Gasteiger partial charge in [0.2, 0.25) is 0 Å². The van der Waals surface area contributed by atoms with Crippen LogP contribution in [0.25, 0.3) is 0 Å². The summed E-state index contributed by atoms with van der Waals surface area (Å²) >= 11 is 0. The lowest BCUT2D eigenvalue weighted by atomic mass is 9.52. The molecule has 2 aliphatic carbocycles. The van der Waals surface area contributed by atoms with Crippen LogP contribution >= 0.6 is 0 Å². The van der Waals surface area contributed by atoms with Crippen molar-refractivity contribution in [1.29, 1.82) is 0 Å². The largest absolute Gasteiger partial charge is 0.493 e. The zero-order chi connectivity index (χ0) is 22.1. The number of likely N-dealkylation sites (N-methyl/N-ethyl adjacent to an activating group) is 1. The molecule has 1 aromatic carbocycles. The van der Waals surface area contributed by atoms with E-state index in [0.717, 1.165) is 0 Å². The number of hydrogen-bond donors (Lipinski definition) is 0. The van der Waals surface area contributed by atoms with Crippen LogP contribution in [0.5, 0.6) is 11.5 Å². The molecule has 116 valence electrons. The predicted molar refractivity (Wildman–Crippen MR) is 81.6 cm³/mol. The van der Waals surface area contributed by atoms with Crippen LogP contribution in [0.3, 0.4) is 0 Å². The fourth-order valence-electron chi connectivity index (χ4n) is 4.60. The summed E-state index contributed by atoms with van der Waals surface area (Å²) in [5.41, 5.74) is -1.03. The molecule has 4 atom stereocenters. The smallest absolute Gasteiger partial charge is 0.174 e. The van der Waals surface area contributed by atoms with Crippen LogP contribution < -0.4 is 9.47 Å². The summed E-state index contributed by atoms with van der Waals surface area (Å²) in [6.07, 6.45) is -2.15. The number of hydrogen-bond acceptors (Lipinski definition) is 4. The van der Waals surface area contributed by atoms with E-state index in [1.165, 1.54) is 0 Å². The molecule has 4 aliphatic rings. The molecular formula is C18H21NO3. The standard InChI is InChI=1S/C18H21NO3/c1-19-8-7-18-11-4-5-13(20)17(18)22-16-14(21-2)6-3-10(15(16)18)9-12(11)19/h3,6,11-12,17H,4-5,7-9H2,1-2H3/t11-,12+,17?,18-/m0/s1/i2D3,3D,6D,11D,12D,17D. The van der Waals surface area contributed by atoms with E-state index in [9.17, 15) is 7.54 Å². The molecule has 1 saturated carbocycles. The Labute approximate surface area is 141 Å². The molecule has 0 N–H and O–H groups in total.